The van der Waals surface area contributed by atoms with Crippen LogP contribution >= 0.6 is 0 Å². The number of carbonyl (C=O) groups excluding carboxylic acids is 1. The molecular weight excluding hydrogens is 522 g/mol. The first-order chi connectivity index (χ1) is 20.2. The van der Waals surface area contributed by atoms with Crippen molar-refractivity contribution in [3.05, 3.63) is 101 Å². The normalized spacial score (nSPS) is 14.5. The van der Waals surface area contributed by atoms with E-state index in [-0.39, 0.29) is 11.9 Å². The Morgan fingerprint density at radius 3 is 2.71 bits per heavy atom. The lowest BCUT2D eigenvalue weighted by Crippen LogP contribution is -2.27. The first kappa shape index (κ1) is 28.5. The fourth-order valence-electron chi connectivity index (χ4n) is 4.61. The van der Waals surface area contributed by atoms with Gasteiger partial charge in [0.1, 0.15) is 0 Å². The second kappa shape index (κ2) is 11.8. The highest BCUT2D eigenvalue weighted by atomic mass is 16.1. The summed E-state index contributed by atoms with van der Waals surface area (Å²) >= 11 is 0. The number of anilines is 1. The van der Waals surface area contributed by atoms with Crippen molar-refractivity contribution in [2.24, 2.45) is 10.7 Å². The first-order valence-electron chi connectivity index (χ1n) is 14.1. The van der Waals surface area contributed by atoms with Gasteiger partial charge in [0.25, 0.3) is 5.91 Å². The van der Waals surface area contributed by atoms with Crippen LogP contribution in [0.1, 0.15) is 66.7 Å². The van der Waals surface area contributed by atoms with E-state index in [1.54, 1.807) is 24.5 Å². The molecule has 1 heterocycles. The summed E-state index contributed by atoms with van der Waals surface area (Å²) in [5.74, 6) is 0.276. The monoisotopic (exact) mass is 557 g/mol. The molecule has 0 bridgehead atoms. The van der Waals surface area contributed by atoms with Gasteiger partial charge < -0.3 is 16.4 Å². The topological polar surface area (TPSA) is 129 Å². The minimum Gasteiger partial charge on any atom is -0.403 e. The number of nitrogens with one attached hydrogen (secondary N) is 2. The van der Waals surface area contributed by atoms with Gasteiger partial charge in [0.15, 0.2) is 0 Å². The third-order valence-electron chi connectivity index (χ3n) is 7.53. The SMILES string of the molecule is Cc1ccc(C(C)NC(=O)c2cccc(C(C)(C)C#N)c2)cc1-c1ccc2nc(NC(C=NC3CC3)=CN)ncc2c1. The van der Waals surface area contributed by atoms with Gasteiger partial charge in [0.05, 0.1) is 34.8 Å². The van der Waals surface area contributed by atoms with Gasteiger partial charge in [-0.1, -0.05) is 30.3 Å². The van der Waals surface area contributed by atoms with Gasteiger partial charge in [-0.25, -0.2) is 9.97 Å². The number of aromatic nitrogens is 2. The van der Waals surface area contributed by atoms with Gasteiger partial charge in [0.2, 0.25) is 5.95 Å². The number of carbonyl (C=O) groups is 1. The van der Waals surface area contributed by atoms with Gasteiger partial charge in [-0.2, -0.15) is 5.26 Å². The number of allylic oxidation sites excluding steroid dienone is 1. The van der Waals surface area contributed by atoms with Crippen LogP contribution in [0.5, 0.6) is 0 Å². The summed E-state index contributed by atoms with van der Waals surface area (Å²) < 4.78 is 0. The van der Waals surface area contributed by atoms with Crippen LogP contribution in [0.2, 0.25) is 0 Å². The number of amides is 1. The molecule has 0 saturated heterocycles. The molecule has 1 aromatic heterocycles. The zero-order valence-corrected chi connectivity index (χ0v) is 24.3. The predicted molar refractivity (Wildman–Crippen MR) is 168 cm³/mol. The molecule has 42 heavy (non-hydrogen) atoms. The van der Waals surface area contributed by atoms with E-state index in [4.69, 9.17) is 5.73 Å². The average molecular weight is 558 g/mol. The van der Waals surface area contributed by atoms with Gasteiger partial charge in [-0.15, -0.1) is 0 Å². The molecule has 5 rings (SSSR count). The number of nitrogens with zero attached hydrogens (tertiary/aromatic N) is 4. The maximum absolute atomic E-state index is 13.1. The molecule has 0 aliphatic heterocycles. The van der Waals surface area contributed by atoms with Crippen molar-refractivity contribution in [1.29, 1.82) is 5.26 Å². The molecule has 0 spiro atoms. The van der Waals surface area contributed by atoms with Crippen molar-refractivity contribution >= 4 is 29.0 Å². The molecule has 1 aliphatic rings. The predicted octanol–water partition coefficient (Wildman–Crippen LogP) is 6.34. The lowest BCUT2D eigenvalue weighted by molar-refractivity contribution is 0.0939. The van der Waals surface area contributed by atoms with Crippen molar-refractivity contribution in [1.82, 2.24) is 15.3 Å². The number of benzene rings is 3. The maximum Gasteiger partial charge on any atom is 0.251 e. The highest BCUT2D eigenvalue weighted by Crippen LogP contribution is 2.30. The van der Waals surface area contributed by atoms with Crippen LogP contribution in [0.25, 0.3) is 22.0 Å². The fraction of sp³-hybridized carbons (Fsp3) is 0.265. The molecule has 3 aromatic carbocycles. The number of hydrogen-bond donors (Lipinski definition) is 3. The van der Waals surface area contributed by atoms with Crippen molar-refractivity contribution in [2.45, 2.75) is 58.0 Å². The van der Waals surface area contributed by atoms with Crippen LogP contribution in [-0.2, 0) is 5.41 Å². The molecule has 4 aromatic rings. The van der Waals surface area contributed by atoms with E-state index in [1.165, 1.54) is 6.20 Å². The number of nitrogens with two attached hydrogens (primary N) is 1. The molecule has 1 fully saturated rings. The van der Waals surface area contributed by atoms with Crippen LogP contribution in [0.3, 0.4) is 0 Å². The third kappa shape index (κ3) is 6.47. The molecule has 4 N–H and O–H groups in total. The summed E-state index contributed by atoms with van der Waals surface area (Å²) in [4.78, 5) is 26.7. The quantitative estimate of drug-likeness (QED) is 0.206. The second-order valence-corrected chi connectivity index (χ2v) is 11.3. The Hall–Kier alpha value is -5.03. The minimum atomic E-state index is -0.675. The summed E-state index contributed by atoms with van der Waals surface area (Å²) in [6, 6.07) is 22.1. The zero-order chi connectivity index (χ0) is 29.9. The Bertz CT molecular complexity index is 1740. The number of aryl methyl sites for hydroxylation is 1. The fourth-order valence-corrected chi connectivity index (χ4v) is 4.61. The van der Waals surface area contributed by atoms with Gasteiger partial charge >= 0.3 is 0 Å². The Labute approximate surface area is 246 Å². The maximum atomic E-state index is 13.1. The Balaban J connectivity index is 1.33. The second-order valence-electron chi connectivity index (χ2n) is 11.3. The molecule has 1 unspecified atom stereocenters. The van der Waals surface area contributed by atoms with Gasteiger partial charge in [0, 0.05) is 29.6 Å². The smallest absolute Gasteiger partial charge is 0.251 e. The minimum absolute atomic E-state index is 0.182. The summed E-state index contributed by atoms with van der Waals surface area (Å²) in [5.41, 5.74) is 12.1. The lowest BCUT2D eigenvalue weighted by Gasteiger charge is -2.19. The van der Waals surface area contributed by atoms with E-state index in [9.17, 15) is 10.1 Å². The van der Waals surface area contributed by atoms with Gasteiger partial charge in [-0.3, -0.25) is 9.79 Å². The summed E-state index contributed by atoms with van der Waals surface area (Å²) in [6.07, 6.45) is 7.24. The Morgan fingerprint density at radius 1 is 1.17 bits per heavy atom. The summed E-state index contributed by atoms with van der Waals surface area (Å²) in [5, 5.41) is 16.6. The summed E-state index contributed by atoms with van der Waals surface area (Å²) in [7, 11) is 0. The van der Waals surface area contributed by atoms with Crippen LogP contribution in [0.4, 0.5) is 5.95 Å². The molecule has 1 aliphatic carbocycles. The lowest BCUT2D eigenvalue weighted by atomic mass is 9.85. The molecule has 1 amide bonds. The molecule has 1 saturated carbocycles. The van der Waals surface area contributed by atoms with Crippen molar-refractivity contribution in [2.75, 3.05) is 5.32 Å². The van der Waals surface area contributed by atoms with E-state index in [2.05, 4.69) is 56.8 Å². The van der Waals surface area contributed by atoms with Crippen molar-refractivity contribution in [3.63, 3.8) is 0 Å². The first-order valence-corrected chi connectivity index (χ1v) is 14.1. The van der Waals surface area contributed by atoms with E-state index in [0.717, 1.165) is 51.6 Å². The number of aliphatic imine (C=N–C) groups is 1. The van der Waals surface area contributed by atoms with E-state index >= 15 is 0 Å². The molecule has 212 valence electrons. The Kier molecular flexibility index (Phi) is 8.03. The van der Waals surface area contributed by atoms with Crippen LogP contribution in [0.15, 0.2) is 83.7 Å². The molecule has 1 atom stereocenters. The highest BCUT2D eigenvalue weighted by Gasteiger charge is 2.22. The number of hydrogen-bond acceptors (Lipinski definition) is 7. The summed E-state index contributed by atoms with van der Waals surface area (Å²) in [6.45, 7) is 7.73. The number of nitriles is 1. The molecular formula is C34H35N7O. The standard InChI is InChI=1S/C34H35N7O/c1-21-8-9-23(22(2)39-32(42)25-6-5-7-27(15-25)34(3,4)20-36)16-30(21)24-10-13-31-26(14-24)18-38-33(41-31)40-29(17-35)19-37-28-11-12-28/h5-10,13-19,22,28H,11-12,35H2,1-4H3,(H,39,42)(H,38,40,41). The third-order valence-corrected chi connectivity index (χ3v) is 7.53. The van der Waals surface area contributed by atoms with Crippen LogP contribution < -0.4 is 16.4 Å². The van der Waals surface area contributed by atoms with Gasteiger partial charge in [-0.05, 0) is 98.7 Å². The van der Waals surface area contributed by atoms with Crippen molar-refractivity contribution in [3.8, 4) is 17.2 Å². The largest absolute Gasteiger partial charge is 0.403 e. The zero-order valence-electron chi connectivity index (χ0n) is 24.3. The van der Waals surface area contributed by atoms with Crippen LogP contribution in [0, 0.1) is 18.3 Å². The Morgan fingerprint density at radius 2 is 1.98 bits per heavy atom. The molecule has 0 radical (unpaired) electrons. The van der Waals surface area contributed by atoms with Crippen LogP contribution in [-0.4, -0.2) is 28.1 Å². The molecule has 8 heteroatoms. The van der Waals surface area contributed by atoms with Crippen molar-refractivity contribution < 1.29 is 4.79 Å². The molecule has 8 nitrogen and oxygen atoms in total. The average Bonchev–Trinajstić information content (AvgIpc) is 3.84. The highest BCUT2D eigenvalue weighted by molar-refractivity contribution is 5.94. The van der Waals surface area contributed by atoms with E-state index in [1.807, 2.05) is 51.1 Å². The number of fused-ring (bicyclic) bond motifs is 1. The van der Waals surface area contributed by atoms with E-state index < -0.39 is 5.41 Å². The van der Waals surface area contributed by atoms with E-state index in [0.29, 0.717) is 23.3 Å². The number of rotatable bonds is 9.